The third kappa shape index (κ3) is 7.08. The van der Waals surface area contributed by atoms with Crippen LogP contribution in [0.1, 0.15) is 5.56 Å². The van der Waals surface area contributed by atoms with Crippen molar-refractivity contribution in [2.24, 2.45) is 5.73 Å². The van der Waals surface area contributed by atoms with Gasteiger partial charge in [0.15, 0.2) is 0 Å². The van der Waals surface area contributed by atoms with E-state index in [1.165, 1.54) is 0 Å². The number of amides is 2. The predicted octanol–water partition coefficient (Wildman–Crippen LogP) is 1.05. The first-order chi connectivity index (χ1) is 15.7. The van der Waals surface area contributed by atoms with E-state index in [1.54, 1.807) is 29.2 Å². The highest BCUT2D eigenvalue weighted by atomic mass is 35.5. The summed E-state index contributed by atoms with van der Waals surface area (Å²) in [5.74, 6) is -0.587. The molecule has 1 atom stereocenters. The summed E-state index contributed by atoms with van der Waals surface area (Å²) < 4.78 is 25.9. The van der Waals surface area contributed by atoms with Gasteiger partial charge in [0.1, 0.15) is 6.04 Å². The first kappa shape index (κ1) is 24.8. The summed E-state index contributed by atoms with van der Waals surface area (Å²) in [7, 11) is -3.42. The van der Waals surface area contributed by atoms with Crippen molar-refractivity contribution in [3.05, 3.63) is 59.1 Å². The quantitative estimate of drug-likeness (QED) is 0.504. The van der Waals surface area contributed by atoms with Crippen molar-refractivity contribution >= 4 is 44.8 Å². The van der Waals surface area contributed by atoms with Crippen LogP contribution in [-0.2, 0) is 26.0 Å². The molecule has 33 heavy (non-hydrogen) atoms. The van der Waals surface area contributed by atoms with E-state index in [9.17, 15) is 18.0 Å². The number of piperazine rings is 1. The first-order valence-corrected chi connectivity index (χ1v) is 12.8. The van der Waals surface area contributed by atoms with Gasteiger partial charge in [-0.2, -0.15) is 0 Å². The normalized spacial score (nSPS) is 15.1. The molecule has 1 aliphatic rings. The Labute approximate surface area is 198 Å². The standard InChI is InChI=1S/C22H28ClN5O4S/c1-33(31,32)26-18-4-2-3-5-20(18)27-10-12-28(13-11-27)22(30)19(25-21(29)15-24)14-16-6-8-17(23)9-7-16/h2-9,19,26H,10-15,24H2,1H3,(H,25,29). The fourth-order valence-corrected chi connectivity index (χ4v) is 4.43. The van der Waals surface area contributed by atoms with Crippen molar-refractivity contribution < 1.29 is 18.0 Å². The smallest absolute Gasteiger partial charge is 0.245 e. The summed E-state index contributed by atoms with van der Waals surface area (Å²) in [6.07, 6.45) is 1.43. The summed E-state index contributed by atoms with van der Waals surface area (Å²) in [5, 5.41) is 3.32. The lowest BCUT2D eigenvalue weighted by molar-refractivity contribution is -0.136. The van der Waals surface area contributed by atoms with E-state index in [0.29, 0.717) is 43.3 Å². The van der Waals surface area contributed by atoms with Crippen LogP contribution in [0.25, 0.3) is 0 Å². The van der Waals surface area contributed by atoms with Crippen molar-refractivity contribution in [3.63, 3.8) is 0 Å². The molecule has 0 aliphatic carbocycles. The molecule has 2 amide bonds. The largest absolute Gasteiger partial charge is 0.366 e. The Kier molecular flexibility index (Phi) is 8.17. The molecule has 1 aliphatic heterocycles. The predicted molar refractivity (Wildman–Crippen MR) is 130 cm³/mol. The molecular formula is C22H28ClN5O4S. The fourth-order valence-electron chi connectivity index (χ4n) is 3.73. The van der Waals surface area contributed by atoms with Crippen molar-refractivity contribution in [1.82, 2.24) is 10.2 Å². The van der Waals surface area contributed by atoms with E-state index < -0.39 is 22.0 Å². The molecule has 11 heteroatoms. The second kappa shape index (κ2) is 10.9. The second-order valence-corrected chi connectivity index (χ2v) is 10.0. The number of sulfonamides is 1. The molecule has 1 heterocycles. The molecule has 0 radical (unpaired) electrons. The van der Waals surface area contributed by atoms with Gasteiger partial charge in [-0.05, 0) is 29.8 Å². The van der Waals surface area contributed by atoms with Crippen LogP contribution in [-0.4, -0.2) is 70.2 Å². The van der Waals surface area contributed by atoms with Crippen LogP contribution in [0.2, 0.25) is 5.02 Å². The van der Waals surface area contributed by atoms with Gasteiger partial charge in [0.25, 0.3) is 0 Å². The molecule has 3 rings (SSSR count). The lowest BCUT2D eigenvalue weighted by Crippen LogP contribution is -2.56. The zero-order valence-electron chi connectivity index (χ0n) is 18.3. The Morgan fingerprint density at radius 3 is 2.30 bits per heavy atom. The van der Waals surface area contributed by atoms with Gasteiger partial charge in [0.2, 0.25) is 21.8 Å². The summed E-state index contributed by atoms with van der Waals surface area (Å²) in [6, 6.07) is 13.5. The van der Waals surface area contributed by atoms with E-state index >= 15 is 0 Å². The lowest BCUT2D eigenvalue weighted by Gasteiger charge is -2.38. The molecule has 178 valence electrons. The molecular weight excluding hydrogens is 466 g/mol. The van der Waals surface area contributed by atoms with Crippen LogP contribution in [0.5, 0.6) is 0 Å². The summed E-state index contributed by atoms with van der Waals surface area (Å²) in [6.45, 7) is 1.70. The molecule has 0 bridgehead atoms. The van der Waals surface area contributed by atoms with Crippen LogP contribution in [0.3, 0.4) is 0 Å². The number of hydrogen-bond donors (Lipinski definition) is 3. The Bertz CT molecular complexity index is 1090. The molecule has 2 aromatic rings. The lowest BCUT2D eigenvalue weighted by atomic mass is 10.0. The molecule has 1 saturated heterocycles. The van der Waals surface area contributed by atoms with Gasteiger partial charge in [-0.3, -0.25) is 14.3 Å². The van der Waals surface area contributed by atoms with E-state index in [1.807, 2.05) is 29.2 Å². The molecule has 0 spiro atoms. The number of nitrogens with two attached hydrogens (primary N) is 1. The molecule has 0 saturated carbocycles. The van der Waals surface area contributed by atoms with Gasteiger partial charge in [-0.25, -0.2) is 8.42 Å². The van der Waals surface area contributed by atoms with Gasteiger partial charge in [-0.1, -0.05) is 35.9 Å². The maximum absolute atomic E-state index is 13.3. The third-order valence-corrected chi connectivity index (χ3v) is 6.15. The SMILES string of the molecule is CS(=O)(=O)Nc1ccccc1N1CCN(C(=O)C(Cc2ccc(Cl)cc2)NC(=O)CN)CC1. The topological polar surface area (TPSA) is 125 Å². The average molecular weight is 494 g/mol. The molecule has 1 fully saturated rings. The zero-order valence-corrected chi connectivity index (χ0v) is 19.9. The average Bonchev–Trinajstić information content (AvgIpc) is 2.79. The fraction of sp³-hybridized carbons (Fsp3) is 0.364. The summed E-state index contributed by atoms with van der Waals surface area (Å²) in [5.41, 5.74) is 7.56. The number of carbonyl (C=O) groups excluding carboxylic acids is 2. The van der Waals surface area contributed by atoms with Crippen LogP contribution in [0.4, 0.5) is 11.4 Å². The van der Waals surface area contributed by atoms with Gasteiger partial charge in [0, 0.05) is 37.6 Å². The number of anilines is 2. The zero-order chi connectivity index (χ0) is 24.0. The van der Waals surface area contributed by atoms with E-state index in [2.05, 4.69) is 10.0 Å². The van der Waals surface area contributed by atoms with Crippen molar-refractivity contribution in [2.75, 3.05) is 48.6 Å². The van der Waals surface area contributed by atoms with E-state index in [0.717, 1.165) is 17.5 Å². The monoisotopic (exact) mass is 493 g/mol. The maximum atomic E-state index is 13.3. The highest BCUT2D eigenvalue weighted by Gasteiger charge is 2.29. The van der Waals surface area contributed by atoms with Crippen molar-refractivity contribution in [3.8, 4) is 0 Å². The van der Waals surface area contributed by atoms with Gasteiger partial charge >= 0.3 is 0 Å². The number of benzene rings is 2. The van der Waals surface area contributed by atoms with Gasteiger partial charge in [-0.15, -0.1) is 0 Å². The van der Waals surface area contributed by atoms with Crippen molar-refractivity contribution in [1.29, 1.82) is 0 Å². The van der Waals surface area contributed by atoms with Gasteiger partial charge in [0.05, 0.1) is 24.2 Å². The molecule has 1 unspecified atom stereocenters. The number of nitrogens with one attached hydrogen (secondary N) is 2. The van der Waals surface area contributed by atoms with Crippen LogP contribution in [0.15, 0.2) is 48.5 Å². The molecule has 9 nitrogen and oxygen atoms in total. The minimum atomic E-state index is -3.42. The number of para-hydroxylation sites is 2. The molecule has 4 N–H and O–H groups in total. The summed E-state index contributed by atoms with van der Waals surface area (Å²) >= 11 is 5.95. The number of rotatable bonds is 8. The second-order valence-electron chi connectivity index (χ2n) is 7.86. The third-order valence-electron chi connectivity index (χ3n) is 5.30. The highest BCUT2D eigenvalue weighted by Crippen LogP contribution is 2.27. The highest BCUT2D eigenvalue weighted by molar-refractivity contribution is 7.92. The molecule has 2 aromatic carbocycles. The first-order valence-electron chi connectivity index (χ1n) is 10.5. The minimum absolute atomic E-state index is 0.186. The number of hydrogen-bond acceptors (Lipinski definition) is 6. The van der Waals surface area contributed by atoms with Crippen LogP contribution in [0, 0.1) is 0 Å². The Morgan fingerprint density at radius 2 is 1.70 bits per heavy atom. The number of carbonyl (C=O) groups is 2. The Hall–Kier alpha value is -2.82. The minimum Gasteiger partial charge on any atom is -0.366 e. The van der Waals surface area contributed by atoms with Crippen LogP contribution < -0.4 is 20.7 Å². The van der Waals surface area contributed by atoms with Crippen LogP contribution >= 0.6 is 11.6 Å². The number of halogens is 1. The summed E-state index contributed by atoms with van der Waals surface area (Å²) in [4.78, 5) is 28.9. The van der Waals surface area contributed by atoms with E-state index in [4.69, 9.17) is 17.3 Å². The van der Waals surface area contributed by atoms with Crippen molar-refractivity contribution in [2.45, 2.75) is 12.5 Å². The Morgan fingerprint density at radius 1 is 1.06 bits per heavy atom. The molecule has 0 aromatic heterocycles. The maximum Gasteiger partial charge on any atom is 0.245 e. The number of nitrogens with zero attached hydrogens (tertiary/aromatic N) is 2. The van der Waals surface area contributed by atoms with Gasteiger partial charge < -0.3 is 20.9 Å². The van der Waals surface area contributed by atoms with E-state index in [-0.39, 0.29) is 12.5 Å². The Balaban J connectivity index is 1.69.